The Kier molecular flexibility index (Phi) is 6.90. The van der Waals surface area contributed by atoms with E-state index in [4.69, 9.17) is 16.1 Å². The highest BCUT2D eigenvalue weighted by Crippen LogP contribution is 2.41. The van der Waals surface area contributed by atoms with Crippen LogP contribution in [0.25, 0.3) is 10.4 Å². The molecule has 8 heteroatoms. The van der Waals surface area contributed by atoms with Gasteiger partial charge in [-0.3, -0.25) is 19.3 Å². The molecule has 2 heterocycles. The number of nitrogens with zero attached hydrogens (tertiary/aromatic N) is 2. The summed E-state index contributed by atoms with van der Waals surface area (Å²) < 4.78 is 5.27. The van der Waals surface area contributed by atoms with Gasteiger partial charge in [0.05, 0.1) is 19.7 Å². The van der Waals surface area contributed by atoms with Gasteiger partial charge < -0.3 is 14.8 Å². The van der Waals surface area contributed by atoms with Gasteiger partial charge in [0.25, 0.3) is 5.91 Å². The number of carbonyl (C=O) groups is 3. The molecular formula is C27H29N3O5. The fraction of sp³-hybridized carbons (Fsp3) is 0.407. The van der Waals surface area contributed by atoms with Crippen LogP contribution < -0.4 is 5.32 Å². The number of aliphatic hydroxyl groups is 1. The van der Waals surface area contributed by atoms with E-state index in [-0.39, 0.29) is 60.8 Å². The number of hydrogen-bond donors (Lipinski definition) is 2. The lowest BCUT2D eigenvalue weighted by atomic mass is 9.76. The highest BCUT2D eigenvalue weighted by molar-refractivity contribution is 6.04. The SMILES string of the molecule is [C-]#[N+]c1ccc(C(=O)Nc2ccc(C3CC(=O)N(CCO)C(=O)C3)cc2C2=CCC(C)(C)CC2)o1. The van der Waals surface area contributed by atoms with Gasteiger partial charge in [0.1, 0.15) is 0 Å². The highest BCUT2D eigenvalue weighted by Gasteiger charge is 2.33. The molecule has 2 aromatic rings. The van der Waals surface area contributed by atoms with Crippen LogP contribution in [0.4, 0.5) is 11.6 Å². The predicted octanol–water partition coefficient (Wildman–Crippen LogP) is 4.90. The molecule has 8 nitrogen and oxygen atoms in total. The number of aliphatic hydroxyl groups excluding tert-OH is 1. The second kappa shape index (κ2) is 9.88. The summed E-state index contributed by atoms with van der Waals surface area (Å²) in [5, 5.41) is 12.1. The number of furan rings is 1. The smallest absolute Gasteiger partial charge is 0.346 e. The summed E-state index contributed by atoms with van der Waals surface area (Å²) in [6.45, 7) is 11.3. The number of rotatable bonds is 6. The molecule has 3 amide bonds. The molecule has 182 valence electrons. The van der Waals surface area contributed by atoms with Gasteiger partial charge in [0.2, 0.25) is 11.8 Å². The van der Waals surface area contributed by atoms with Gasteiger partial charge in [-0.1, -0.05) is 26.0 Å². The molecule has 4 rings (SSSR count). The van der Waals surface area contributed by atoms with E-state index in [0.717, 1.165) is 40.9 Å². The van der Waals surface area contributed by atoms with Crippen LogP contribution in [0.1, 0.15) is 73.6 Å². The van der Waals surface area contributed by atoms with Gasteiger partial charge in [-0.15, -0.1) is 0 Å². The molecule has 2 N–H and O–H groups in total. The lowest BCUT2D eigenvalue weighted by molar-refractivity contribution is -0.149. The fourth-order valence-electron chi connectivity index (χ4n) is 4.64. The molecule has 1 fully saturated rings. The average Bonchev–Trinajstić information content (AvgIpc) is 3.31. The summed E-state index contributed by atoms with van der Waals surface area (Å²) in [6.07, 6.45) is 5.32. The number of β-amino-alcohol motifs (C(OH)–C–C–N with tert-alkyl or cyclic N) is 1. The summed E-state index contributed by atoms with van der Waals surface area (Å²) >= 11 is 0. The molecule has 1 aromatic carbocycles. The van der Waals surface area contributed by atoms with Crippen molar-refractivity contribution in [1.82, 2.24) is 4.90 Å². The minimum Gasteiger partial charge on any atom is -0.475 e. The van der Waals surface area contributed by atoms with E-state index >= 15 is 0 Å². The Morgan fingerprint density at radius 3 is 2.57 bits per heavy atom. The maximum absolute atomic E-state index is 12.8. The Balaban J connectivity index is 1.65. The molecule has 0 unspecified atom stereocenters. The average molecular weight is 476 g/mol. The number of anilines is 1. The Morgan fingerprint density at radius 2 is 1.97 bits per heavy atom. The van der Waals surface area contributed by atoms with Gasteiger partial charge in [-0.25, -0.2) is 0 Å². The zero-order chi connectivity index (χ0) is 25.2. The van der Waals surface area contributed by atoms with Crippen molar-refractivity contribution in [3.63, 3.8) is 0 Å². The molecule has 0 radical (unpaired) electrons. The first-order valence-corrected chi connectivity index (χ1v) is 11.8. The van der Waals surface area contributed by atoms with E-state index in [1.807, 2.05) is 12.1 Å². The van der Waals surface area contributed by atoms with Crippen LogP contribution >= 0.6 is 0 Å². The Labute approximate surface area is 204 Å². The van der Waals surface area contributed by atoms with Crippen molar-refractivity contribution in [1.29, 1.82) is 0 Å². The first-order chi connectivity index (χ1) is 16.7. The quantitative estimate of drug-likeness (QED) is 0.457. The number of piperidine rings is 1. The highest BCUT2D eigenvalue weighted by atomic mass is 16.4. The second-order valence-electron chi connectivity index (χ2n) is 9.87. The van der Waals surface area contributed by atoms with Crippen molar-refractivity contribution in [2.45, 2.75) is 51.9 Å². The van der Waals surface area contributed by atoms with Crippen LogP contribution in [-0.2, 0) is 9.59 Å². The minimum atomic E-state index is -0.451. The summed E-state index contributed by atoms with van der Waals surface area (Å²) in [7, 11) is 0. The lowest BCUT2D eigenvalue weighted by Crippen LogP contribution is -2.44. The van der Waals surface area contributed by atoms with Crippen LogP contribution in [0, 0.1) is 12.0 Å². The Morgan fingerprint density at radius 1 is 1.23 bits per heavy atom. The number of carbonyl (C=O) groups excluding carboxylic acids is 3. The van der Waals surface area contributed by atoms with Crippen LogP contribution in [-0.4, -0.2) is 40.9 Å². The van der Waals surface area contributed by atoms with E-state index in [1.165, 1.54) is 12.1 Å². The third-order valence-corrected chi connectivity index (χ3v) is 6.77. The van der Waals surface area contributed by atoms with Crippen molar-refractivity contribution >= 4 is 34.9 Å². The lowest BCUT2D eigenvalue weighted by Gasteiger charge is -2.31. The van der Waals surface area contributed by atoms with Crippen LogP contribution in [0.5, 0.6) is 0 Å². The molecule has 0 saturated carbocycles. The topological polar surface area (TPSA) is 104 Å². The van der Waals surface area contributed by atoms with Crippen molar-refractivity contribution in [3.8, 4) is 0 Å². The first kappa shape index (κ1) is 24.4. The number of allylic oxidation sites excluding steroid dienone is 2. The molecule has 35 heavy (non-hydrogen) atoms. The third-order valence-electron chi connectivity index (χ3n) is 6.77. The number of likely N-dealkylation sites (tertiary alicyclic amines) is 1. The third kappa shape index (κ3) is 5.36. The van der Waals surface area contributed by atoms with Crippen molar-refractivity contribution in [2.24, 2.45) is 5.41 Å². The molecule has 0 bridgehead atoms. The van der Waals surface area contributed by atoms with Gasteiger partial charge in [-0.05, 0) is 60.1 Å². The number of amides is 3. The van der Waals surface area contributed by atoms with Crippen LogP contribution in [0.15, 0.2) is 40.8 Å². The molecular weight excluding hydrogens is 446 g/mol. The second-order valence-corrected chi connectivity index (χ2v) is 9.87. The van der Waals surface area contributed by atoms with Gasteiger partial charge in [-0.2, -0.15) is 4.85 Å². The zero-order valence-electron chi connectivity index (χ0n) is 20.0. The standard InChI is InChI=1S/C27H29N3O5/c1-27(2)10-8-17(9-11-27)20-14-18(19-15-24(32)30(12-13-31)25(33)16-19)4-5-21(20)29-26(34)22-6-7-23(28-3)35-22/h4-8,14,19,31H,9-13,15-16H2,1-2H3,(H,29,34). The van der Waals surface area contributed by atoms with Crippen LogP contribution in [0.2, 0.25) is 0 Å². The van der Waals surface area contributed by atoms with Gasteiger partial charge >= 0.3 is 5.88 Å². The molecule has 0 spiro atoms. The van der Waals surface area contributed by atoms with E-state index in [0.29, 0.717) is 5.69 Å². The van der Waals surface area contributed by atoms with E-state index < -0.39 is 5.91 Å². The molecule has 0 atom stereocenters. The predicted molar refractivity (Wildman–Crippen MR) is 131 cm³/mol. The first-order valence-electron chi connectivity index (χ1n) is 11.8. The number of imide groups is 1. The Hall–Kier alpha value is -3.70. The normalized spacial score (nSPS) is 18.2. The number of hydrogen-bond acceptors (Lipinski definition) is 5. The van der Waals surface area contributed by atoms with Gasteiger partial charge in [0, 0.05) is 30.0 Å². The van der Waals surface area contributed by atoms with E-state index in [2.05, 4.69) is 30.1 Å². The maximum Gasteiger partial charge on any atom is 0.346 e. The van der Waals surface area contributed by atoms with Gasteiger partial charge in [0.15, 0.2) is 5.76 Å². The van der Waals surface area contributed by atoms with Crippen molar-refractivity contribution < 1.29 is 23.9 Å². The zero-order valence-corrected chi connectivity index (χ0v) is 20.0. The van der Waals surface area contributed by atoms with E-state index in [1.54, 1.807) is 6.07 Å². The summed E-state index contributed by atoms with van der Waals surface area (Å²) in [5.41, 5.74) is 3.65. The Bertz CT molecular complexity index is 1220. The summed E-state index contributed by atoms with van der Waals surface area (Å²) in [4.78, 5) is 42.2. The monoisotopic (exact) mass is 475 g/mol. The van der Waals surface area contributed by atoms with Crippen molar-refractivity contribution in [2.75, 3.05) is 18.5 Å². The fourth-order valence-corrected chi connectivity index (χ4v) is 4.64. The molecule has 1 aliphatic heterocycles. The molecule has 2 aliphatic rings. The van der Waals surface area contributed by atoms with Crippen molar-refractivity contribution in [3.05, 3.63) is 64.7 Å². The number of nitrogens with one attached hydrogen (secondary N) is 1. The molecule has 1 aliphatic carbocycles. The largest absolute Gasteiger partial charge is 0.475 e. The van der Waals surface area contributed by atoms with Crippen LogP contribution in [0.3, 0.4) is 0 Å². The molecule has 1 saturated heterocycles. The maximum atomic E-state index is 12.8. The number of benzene rings is 1. The van der Waals surface area contributed by atoms with E-state index in [9.17, 15) is 14.4 Å². The summed E-state index contributed by atoms with van der Waals surface area (Å²) in [6, 6.07) is 8.54. The molecule has 1 aromatic heterocycles. The summed E-state index contributed by atoms with van der Waals surface area (Å²) in [5.74, 6) is -1.19. The minimum absolute atomic E-state index is 0.0191.